The lowest BCUT2D eigenvalue weighted by atomic mass is 10.1. The van der Waals surface area contributed by atoms with E-state index < -0.39 is 0 Å². The van der Waals surface area contributed by atoms with Gasteiger partial charge in [-0.3, -0.25) is 10.1 Å². The summed E-state index contributed by atoms with van der Waals surface area (Å²) in [6.07, 6.45) is 3.59. The van der Waals surface area contributed by atoms with Gasteiger partial charge < -0.3 is 29.5 Å². The average Bonchev–Trinajstić information content (AvgIpc) is 3.66. The smallest absolute Gasteiger partial charge is 0.231 e. The maximum atomic E-state index is 9.13. The molecular weight excluding hydrogens is 474 g/mol. The maximum absolute atomic E-state index is 9.13. The van der Waals surface area contributed by atoms with Crippen LogP contribution >= 0.6 is 0 Å². The summed E-state index contributed by atoms with van der Waals surface area (Å²) in [6, 6.07) is 11.2. The lowest BCUT2D eigenvalue weighted by molar-refractivity contribution is 0.190. The maximum Gasteiger partial charge on any atom is 0.231 e. The Kier molecular flexibility index (Phi) is 7.57. The van der Waals surface area contributed by atoms with Gasteiger partial charge in [-0.1, -0.05) is 11.2 Å². The standard InChI is InChI=1S/C25H31N9O3/c1-17-14-23(31-30-17)27-22-16-24(36-13-11-33(2)10-12-35)29-25(28-22)34-9-5-7-20(34)21-15-19(32-37-21)18-6-3-4-8-26-18/h3-4,6,8,14-16,20,35H,5,7,9-13H2,1-2H3,(H2,27,28,29,30,31). The van der Waals surface area contributed by atoms with Gasteiger partial charge in [0.15, 0.2) is 11.6 Å². The minimum Gasteiger partial charge on any atom is -0.476 e. The quantitative estimate of drug-likeness (QED) is 0.277. The van der Waals surface area contributed by atoms with Crippen LogP contribution in [0.15, 0.2) is 47.1 Å². The Morgan fingerprint density at radius 2 is 2.11 bits per heavy atom. The van der Waals surface area contributed by atoms with Crippen LogP contribution in [0.3, 0.4) is 0 Å². The number of likely N-dealkylation sites (N-methyl/N-ethyl adjacent to an activating group) is 1. The Labute approximate surface area is 214 Å². The molecule has 5 heterocycles. The number of H-pyrrole nitrogens is 1. The number of hydrogen-bond donors (Lipinski definition) is 3. The molecule has 1 aliphatic rings. The third-order valence-corrected chi connectivity index (χ3v) is 6.15. The number of nitrogens with zero attached hydrogens (tertiary/aromatic N) is 7. The highest BCUT2D eigenvalue weighted by Crippen LogP contribution is 2.37. The molecule has 0 spiro atoms. The molecule has 1 fully saturated rings. The molecule has 0 bridgehead atoms. The van der Waals surface area contributed by atoms with Crippen molar-refractivity contribution in [1.82, 2.24) is 35.2 Å². The van der Waals surface area contributed by atoms with Gasteiger partial charge in [0.1, 0.15) is 18.1 Å². The van der Waals surface area contributed by atoms with E-state index >= 15 is 0 Å². The van der Waals surface area contributed by atoms with E-state index in [1.807, 2.05) is 49.2 Å². The molecule has 1 aliphatic heterocycles. The van der Waals surface area contributed by atoms with Crippen LogP contribution in [0.1, 0.15) is 30.3 Å². The van der Waals surface area contributed by atoms with Crippen LogP contribution in [-0.4, -0.2) is 80.2 Å². The number of pyridine rings is 1. The average molecular weight is 506 g/mol. The van der Waals surface area contributed by atoms with Gasteiger partial charge in [0, 0.05) is 49.7 Å². The minimum atomic E-state index is -0.0589. The molecule has 37 heavy (non-hydrogen) atoms. The Morgan fingerprint density at radius 3 is 2.89 bits per heavy atom. The van der Waals surface area contributed by atoms with Crippen molar-refractivity contribution in [3.8, 4) is 17.3 Å². The summed E-state index contributed by atoms with van der Waals surface area (Å²) in [5.74, 6) is 2.97. The molecule has 1 unspecified atom stereocenters. The van der Waals surface area contributed by atoms with E-state index in [1.54, 1.807) is 12.3 Å². The van der Waals surface area contributed by atoms with Crippen molar-refractivity contribution in [1.29, 1.82) is 0 Å². The van der Waals surface area contributed by atoms with E-state index in [2.05, 4.69) is 30.6 Å². The molecule has 0 amide bonds. The van der Waals surface area contributed by atoms with Gasteiger partial charge in [0.05, 0.1) is 18.3 Å². The van der Waals surface area contributed by atoms with Crippen molar-refractivity contribution in [2.75, 3.05) is 50.1 Å². The molecule has 12 heteroatoms. The summed E-state index contributed by atoms with van der Waals surface area (Å²) in [4.78, 5) is 18.0. The predicted octanol–water partition coefficient (Wildman–Crippen LogP) is 2.95. The number of hydrogen-bond acceptors (Lipinski definition) is 11. The van der Waals surface area contributed by atoms with Gasteiger partial charge in [0.25, 0.3) is 0 Å². The molecule has 0 radical (unpaired) electrons. The Hall–Kier alpha value is -4.03. The number of aliphatic hydroxyl groups is 1. The molecule has 5 rings (SSSR count). The number of rotatable bonds is 11. The van der Waals surface area contributed by atoms with Crippen molar-refractivity contribution in [2.24, 2.45) is 0 Å². The van der Waals surface area contributed by atoms with Crippen molar-refractivity contribution in [3.05, 3.63) is 54.0 Å². The van der Waals surface area contributed by atoms with Crippen LogP contribution < -0.4 is 15.0 Å². The fourth-order valence-electron chi connectivity index (χ4n) is 4.26. The van der Waals surface area contributed by atoms with Crippen LogP contribution in [0, 0.1) is 6.92 Å². The SMILES string of the molecule is Cc1cc(Nc2cc(OCCN(C)CCO)nc(N3CCCC3c3cc(-c4ccccn4)no3)n2)n[nH]1. The zero-order chi connectivity index (χ0) is 25.6. The van der Waals surface area contributed by atoms with Crippen LogP contribution in [0.2, 0.25) is 0 Å². The minimum absolute atomic E-state index is 0.0589. The second-order valence-electron chi connectivity index (χ2n) is 9.01. The Morgan fingerprint density at radius 1 is 1.19 bits per heavy atom. The lowest BCUT2D eigenvalue weighted by Gasteiger charge is -2.23. The predicted molar refractivity (Wildman–Crippen MR) is 138 cm³/mol. The number of nitrogens with one attached hydrogen (secondary N) is 2. The van der Waals surface area contributed by atoms with Gasteiger partial charge in [-0.25, -0.2) is 0 Å². The van der Waals surface area contributed by atoms with Crippen LogP contribution in [-0.2, 0) is 0 Å². The number of anilines is 3. The van der Waals surface area contributed by atoms with Crippen molar-refractivity contribution in [3.63, 3.8) is 0 Å². The van der Waals surface area contributed by atoms with E-state index in [9.17, 15) is 0 Å². The van der Waals surface area contributed by atoms with Gasteiger partial charge in [0.2, 0.25) is 11.8 Å². The summed E-state index contributed by atoms with van der Waals surface area (Å²) in [7, 11) is 1.93. The highest BCUT2D eigenvalue weighted by Gasteiger charge is 2.32. The number of aliphatic hydroxyl groups excluding tert-OH is 1. The molecular formula is C25H31N9O3. The zero-order valence-corrected chi connectivity index (χ0v) is 21.0. The molecule has 1 atom stereocenters. The molecule has 0 aliphatic carbocycles. The number of ether oxygens (including phenoxy) is 1. The second kappa shape index (κ2) is 11.4. The molecule has 1 saturated heterocycles. The molecule has 12 nitrogen and oxygen atoms in total. The number of aromatic nitrogens is 6. The summed E-state index contributed by atoms with van der Waals surface area (Å²) in [6.45, 7) is 4.47. The lowest BCUT2D eigenvalue weighted by Crippen LogP contribution is -2.27. The number of aromatic amines is 1. The molecule has 194 valence electrons. The topological polar surface area (TPSA) is 141 Å². The third-order valence-electron chi connectivity index (χ3n) is 6.15. The summed E-state index contributed by atoms with van der Waals surface area (Å²) >= 11 is 0. The monoisotopic (exact) mass is 505 g/mol. The van der Waals surface area contributed by atoms with Gasteiger partial charge in [-0.05, 0) is 38.9 Å². The third kappa shape index (κ3) is 6.04. The summed E-state index contributed by atoms with van der Waals surface area (Å²) in [5.41, 5.74) is 2.40. The first-order valence-electron chi connectivity index (χ1n) is 12.3. The first kappa shape index (κ1) is 24.7. The van der Waals surface area contributed by atoms with Crippen LogP contribution in [0.25, 0.3) is 11.4 Å². The van der Waals surface area contributed by atoms with Gasteiger partial charge >= 0.3 is 0 Å². The molecule has 0 aromatic carbocycles. The Bertz CT molecular complexity index is 1290. The first-order chi connectivity index (χ1) is 18.1. The fourth-order valence-corrected chi connectivity index (χ4v) is 4.26. The highest BCUT2D eigenvalue weighted by atomic mass is 16.5. The summed E-state index contributed by atoms with van der Waals surface area (Å²) in [5, 5.41) is 23.8. The van der Waals surface area contributed by atoms with E-state index in [4.69, 9.17) is 24.3 Å². The van der Waals surface area contributed by atoms with Gasteiger partial charge in [-0.2, -0.15) is 15.1 Å². The Balaban J connectivity index is 1.39. The fraction of sp³-hybridized carbons (Fsp3) is 0.400. The van der Waals surface area contributed by atoms with Crippen LogP contribution in [0.4, 0.5) is 17.6 Å². The summed E-state index contributed by atoms with van der Waals surface area (Å²) < 4.78 is 11.8. The molecule has 4 aromatic rings. The molecule has 0 saturated carbocycles. The molecule has 4 aromatic heterocycles. The largest absolute Gasteiger partial charge is 0.476 e. The van der Waals surface area contributed by atoms with E-state index in [1.165, 1.54) is 0 Å². The second-order valence-corrected chi connectivity index (χ2v) is 9.01. The van der Waals surface area contributed by atoms with Crippen molar-refractivity contribution >= 4 is 17.6 Å². The van der Waals surface area contributed by atoms with Crippen molar-refractivity contribution < 1.29 is 14.4 Å². The first-order valence-corrected chi connectivity index (χ1v) is 12.3. The normalized spacial score (nSPS) is 15.5. The molecule has 3 N–H and O–H groups in total. The zero-order valence-electron chi connectivity index (χ0n) is 21.0. The van der Waals surface area contributed by atoms with E-state index in [-0.39, 0.29) is 12.6 Å². The highest BCUT2D eigenvalue weighted by molar-refractivity contribution is 5.57. The number of aryl methyl sites for hydroxylation is 1. The van der Waals surface area contributed by atoms with Crippen molar-refractivity contribution in [2.45, 2.75) is 25.8 Å². The van der Waals surface area contributed by atoms with E-state index in [0.717, 1.165) is 36.5 Å². The van der Waals surface area contributed by atoms with Crippen LogP contribution in [0.5, 0.6) is 5.88 Å². The van der Waals surface area contributed by atoms with E-state index in [0.29, 0.717) is 48.9 Å². The van der Waals surface area contributed by atoms with Gasteiger partial charge in [-0.15, -0.1) is 0 Å².